The Hall–Kier alpha value is -2.86. The van der Waals surface area contributed by atoms with Gasteiger partial charge in [0.25, 0.3) is 0 Å². The molecule has 2 aromatic carbocycles. The van der Waals surface area contributed by atoms with Gasteiger partial charge in [-0.1, -0.05) is 12.1 Å². The molecule has 5 rings (SSSR count). The van der Waals surface area contributed by atoms with Crippen LogP contribution >= 0.6 is 12.2 Å². The molecule has 0 saturated carbocycles. The number of piperazine rings is 1. The molecule has 2 fully saturated rings. The molecule has 172 valence electrons. The van der Waals surface area contributed by atoms with Gasteiger partial charge in [0, 0.05) is 55.5 Å². The van der Waals surface area contributed by atoms with Gasteiger partial charge in [0.15, 0.2) is 5.11 Å². The number of hydrogen-bond donors (Lipinski definition) is 1. The zero-order valence-corrected chi connectivity index (χ0v) is 20.7. The molecule has 0 bridgehead atoms. The van der Waals surface area contributed by atoms with Gasteiger partial charge in [0.1, 0.15) is 5.82 Å². The second kappa shape index (κ2) is 9.18. The number of aryl methyl sites for hydroxylation is 2. The standard InChI is InChI=1S/C27H33N5S/c1-19-7-6-8-23(15-19)32-14-13-31(18-21(32)3)27(33)28-22-9-10-25-24(17-22)20(2)16-26(29-25)30-11-4-5-12-30/h6-10,15-17,21H,4-5,11-14,18H2,1-3H3,(H,28,33)/t21-/m0/s1. The van der Waals surface area contributed by atoms with E-state index >= 15 is 0 Å². The molecular formula is C27H33N5S. The van der Waals surface area contributed by atoms with E-state index in [1.54, 1.807) is 0 Å². The maximum Gasteiger partial charge on any atom is 0.173 e. The Labute approximate surface area is 202 Å². The summed E-state index contributed by atoms with van der Waals surface area (Å²) in [5, 5.41) is 5.47. The Bertz CT molecular complexity index is 1170. The normalized spacial score (nSPS) is 18.8. The molecule has 1 N–H and O–H groups in total. The summed E-state index contributed by atoms with van der Waals surface area (Å²) in [6.45, 7) is 11.6. The fourth-order valence-corrected chi connectivity index (χ4v) is 5.38. The van der Waals surface area contributed by atoms with Crippen LogP contribution in [0.5, 0.6) is 0 Å². The number of rotatable bonds is 3. The van der Waals surface area contributed by atoms with Gasteiger partial charge in [-0.25, -0.2) is 4.98 Å². The second-order valence-electron chi connectivity index (χ2n) is 9.48. The van der Waals surface area contributed by atoms with Gasteiger partial charge in [-0.2, -0.15) is 0 Å². The number of pyridine rings is 1. The van der Waals surface area contributed by atoms with Gasteiger partial charge < -0.3 is 20.0 Å². The maximum atomic E-state index is 5.81. The summed E-state index contributed by atoms with van der Waals surface area (Å²) in [7, 11) is 0. The lowest BCUT2D eigenvalue weighted by Gasteiger charge is -2.42. The van der Waals surface area contributed by atoms with Crippen molar-refractivity contribution in [3.8, 4) is 0 Å². The van der Waals surface area contributed by atoms with E-state index in [1.807, 2.05) is 0 Å². The van der Waals surface area contributed by atoms with Gasteiger partial charge in [0.2, 0.25) is 0 Å². The third kappa shape index (κ3) is 4.62. The molecular weight excluding hydrogens is 426 g/mol. The summed E-state index contributed by atoms with van der Waals surface area (Å²) in [4.78, 5) is 12.1. The number of aromatic nitrogens is 1. The Balaban J connectivity index is 1.27. The average Bonchev–Trinajstić information content (AvgIpc) is 3.34. The van der Waals surface area contributed by atoms with Crippen LogP contribution < -0.4 is 15.1 Å². The molecule has 2 aliphatic heterocycles. The second-order valence-corrected chi connectivity index (χ2v) is 9.87. The number of anilines is 3. The van der Waals surface area contributed by atoms with Gasteiger partial charge in [-0.15, -0.1) is 0 Å². The van der Waals surface area contributed by atoms with Crippen LogP contribution in [0, 0.1) is 13.8 Å². The molecule has 5 nitrogen and oxygen atoms in total. The minimum absolute atomic E-state index is 0.396. The zero-order chi connectivity index (χ0) is 22.9. The number of thiocarbonyl (C=S) groups is 1. The largest absolute Gasteiger partial charge is 0.365 e. The molecule has 0 amide bonds. The monoisotopic (exact) mass is 459 g/mol. The number of nitrogens with one attached hydrogen (secondary N) is 1. The number of benzene rings is 2. The molecule has 0 unspecified atom stereocenters. The van der Waals surface area contributed by atoms with Crippen molar-refractivity contribution < 1.29 is 0 Å². The van der Waals surface area contributed by atoms with Crippen molar-refractivity contribution in [1.29, 1.82) is 0 Å². The lowest BCUT2D eigenvalue weighted by molar-refractivity contribution is 0.342. The van der Waals surface area contributed by atoms with Gasteiger partial charge >= 0.3 is 0 Å². The summed E-state index contributed by atoms with van der Waals surface area (Å²) in [6.07, 6.45) is 2.52. The highest BCUT2D eigenvalue weighted by Crippen LogP contribution is 2.28. The van der Waals surface area contributed by atoms with E-state index in [-0.39, 0.29) is 0 Å². The van der Waals surface area contributed by atoms with E-state index < -0.39 is 0 Å². The molecule has 6 heteroatoms. The lowest BCUT2D eigenvalue weighted by Crippen LogP contribution is -2.54. The van der Waals surface area contributed by atoms with Crippen LogP contribution in [0.3, 0.4) is 0 Å². The highest BCUT2D eigenvalue weighted by atomic mass is 32.1. The summed E-state index contributed by atoms with van der Waals surface area (Å²) >= 11 is 5.81. The van der Waals surface area contributed by atoms with E-state index in [0.717, 1.165) is 54.9 Å². The summed E-state index contributed by atoms with van der Waals surface area (Å²) in [5.41, 5.74) is 5.94. The molecule has 33 heavy (non-hydrogen) atoms. The lowest BCUT2D eigenvalue weighted by atomic mass is 10.1. The van der Waals surface area contributed by atoms with Crippen molar-refractivity contribution in [3.05, 3.63) is 59.7 Å². The highest BCUT2D eigenvalue weighted by molar-refractivity contribution is 7.80. The Morgan fingerprint density at radius 1 is 1.00 bits per heavy atom. The fourth-order valence-electron chi connectivity index (χ4n) is 5.10. The van der Waals surface area contributed by atoms with Crippen molar-refractivity contribution in [1.82, 2.24) is 9.88 Å². The van der Waals surface area contributed by atoms with E-state index in [0.29, 0.717) is 6.04 Å². The van der Waals surface area contributed by atoms with Crippen LogP contribution in [0.2, 0.25) is 0 Å². The SMILES string of the molecule is Cc1cccc(N2CCN(C(=S)Nc3ccc4nc(N5CCCC5)cc(C)c4c3)C[C@@H]2C)c1. The van der Waals surface area contributed by atoms with Crippen molar-refractivity contribution in [2.24, 2.45) is 0 Å². The van der Waals surface area contributed by atoms with E-state index in [9.17, 15) is 0 Å². The number of fused-ring (bicyclic) bond motifs is 1. The van der Waals surface area contributed by atoms with Gasteiger partial charge in [-0.3, -0.25) is 0 Å². The topological polar surface area (TPSA) is 34.6 Å². The molecule has 2 saturated heterocycles. The van der Waals surface area contributed by atoms with E-state index in [1.165, 1.54) is 35.0 Å². The fraction of sp³-hybridized carbons (Fsp3) is 0.407. The Morgan fingerprint density at radius 2 is 1.82 bits per heavy atom. The molecule has 0 radical (unpaired) electrons. The maximum absolute atomic E-state index is 5.81. The number of hydrogen-bond acceptors (Lipinski definition) is 4. The minimum Gasteiger partial charge on any atom is -0.365 e. The van der Waals surface area contributed by atoms with Crippen LogP contribution in [0.1, 0.15) is 30.9 Å². The summed E-state index contributed by atoms with van der Waals surface area (Å²) < 4.78 is 0. The molecule has 1 aromatic heterocycles. The predicted octanol–water partition coefficient (Wildman–Crippen LogP) is 5.36. The molecule has 0 aliphatic carbocycles. The quantitative estimate of drug-likeness (QED) is 0.531. The molecule has 3 aromatic rings. The molecule has 0 spiro atoms. The van der Waals surface area contributed by atoms with Crippen LogP contribution in [0.4, 0.5) is 17.2 Å². The van der Waals surface area contributed by atoms with Crippen molar-refractivity contribution in [3.63, 3.8) is 0 Å². The predicted molar refractivity (Wildman–Crippen MR) is 144 cm³/mol. The number of nitrogens with zero attached hydrogens (tertiary/aromatic N) is 4. The third-order valence-corrected chi connectivity index (χ3v) is 7.29. The van der Waals surface area contributed by atoms with Crippen LogP contribution in [0.25, 0.3) is 10.9 Å². The first-order valence-corrected chi connectivity index (χ1v) is 12.4. The van der Waals surface area contributed by atoms with Crippen LogP contribution in [0.15, 0.2) is 48.5 Å². The van der Waals surface area contributed by atoms with E-state index in [2.05, 4.69) is 89.3 Å². The third-order valence-electron chi connectivity index (χ3n) is 6.93. The Morgan fingerprint density at radius 3 is 2.58 bits per heavy atom. The van der Waals surface area contributed by atoms with E-state index in [4.69, 9.17) is 17.2 Å². The van der Waals surface area contributed by atoms with Crippen LogP contribution in [-0.4, -0.2) is 53.8 Å². The van der Waals surface area contributed by atoms with Crippen molar-refractivity contribution in [2.45, 2.75) is 39.7 Å². The first-order valence-electron chi connectivity index (χ1n) is 12.0. The minimum atomic E-state index is 0.396. The Kier molecular flexibility index (Phi) is 6.11. The van der Waals surface area contributed by atoms with Crippen molar-refractivity contribution >= 4 is 45.4 Å². The summed E-state index contributed by atoms with van der Waals surface area (Å²) in [6, 6.07) is 17.8. The summed E-state index contributed by atoms with van der Waals surface area (Å²) in [5.74, 6) is 1.11. The first kappa shape index (κ1) is 22.0. The first-order chi connectivity index (χ1) is 16.0. The smallest absolute Gasteiger partial charge is 0.173 e. The highest BCUT2D eigenvalue weighted by Gasteiger charge is 2.25. The van der Waals surface area contributed by atoms with Crippen molar-refractivity contribution in [2.75, 3.05) is 47.8 Å². The zero-order valence-electron chi connectivity index (χ0n) is 19.8. The molecule has 3 heterocycles. The van der Waals surface area contributed by atoms with Gasteiger partial charge in [-0.05, 0) is 93.4 Å². The average molecular weight is 460 g/mol. The molecule has 2 aliphatic rings. The van der Waals surface area contributed by atoms with Crippen LogP contribution in [-0.2, 0) is 0 Å². The molecule has 1 atom stereocenters. The van der Waals surface area contributed by atoms with Gasteiger partial charge in [0.05, 0.1) is 5.52 Å².